The fraction of sp³-hybridized carbons (Fsp3) is 0.111. The molecule has 0 aliphatic rings. The van der Waals surface area contributed by atoms with Crippen molar-refractivity contribution in [1.29, 1.82) is 0 Å². The van der Waals surface area contributed by atoms with E-state index in [4.69, 9.17) is 9.15 Å². The monoisotopic (exact) mass is 344 g/mol. The van der Waals surface area contributed by atoms with Crippen LogP contribution < -0.4 is 10.1 Å². The Bertz CT molecular complexity index is 895. The number of carbonyl (C=O) groups is 1. The number of hydrogen-bond donors (Lipinski definition) is 1. The Labute approximate surface area is 142 Å². The lowest BCUT2D eigenvalue weighted by Crippen LogP contribution is -2.15. The molecule has 3 aromatic rings. The van der Waals surface area contributed by atoms with Crippen LogP contribution in [0.25, 0.3) is 11.3 Å². The highest BCUT2D eigenvalue weighted by atomic mass is 19.1. The molecular weight excluding hydrogens is 330 g/mol. The molecule has 0 fully saturated rings. The maximum atomic E-state index is 13.6. The first-order chi connectivity index (χ1) is 12.1. The number of hydrogen-bond acceptors (Lipinski definition) is 4. The van der Waals surface area contributed by atoms with Crippen molar-refractivity contribution in [3.63, 3.8) is 0 Å². The van der Waals surface area contributed by atoms with Crippen molar-refractivity contribution in [2.75, 3.05) is 12.4 Å². The van der Waals surface area contributed by atoms with Gasteiger partial charge in [-0.05, 0) is 30.3 Å². The van der Waals surface area contributed by atoms with E-state index in [1.54, 1.807) is 24.4 Å². The molecule has 1 aromatic heterocycles. The summed E-state index contributed by atoms with van der Waals surface area (Å²) in [6, 6.07) is 7.97. The number of ether oxygens (including phenoxy) is 1. The molecule has 0 aliphatic carbocycles. The van der Waals surface area contributed by atoms with E-state index in [0.29, 0.717) is 22.8 Å². The quantitative estimate of drug-likeness (QED) is 0.764. The first-order valence-corrected chi connectivity index (χ1v) is 7.37. The lowest BCUT2D eigenvalue weighted by atomic mass is 10.1. The number of nitrogens with zero attached hydrogens (tertiary/aromatic N) is 1. The molecule has 2 aromatic carbocycles. The lowest BCUT2D eigenvalue weighted by Gasteiger charge is -2.10. The van der Waals surface area contributed by atoms with Gasteiger partial charge >= 0.3 is 0 Å². The minimum Gasteiger partial charge on any atom is -0.496 e. The molecular formula is C18H14F2N2O3. The van der Waals surface area contributed by atoms with E-state index in [1.165, 1.54) is 13.5 Å². The van der Waals surface area contributed by atoms with Crippen LogP contribution in [-0.4, -0.2) is 18.0 Å². The summed E-state index contributed by atoms with van der Waals surface area (Å²) in [5, 5.41) is 2.63. The van der Waals surface area contributed by atoms with Crippen LogP contribution >= 0.6 is 0 Å². The van der Waals surface area contributed by atoms with Gasteiger partial charge in [-0.25, -0.2) is 13.8 Å². The maximum absolute atomic E-state index is 13.6. The predicted octanol–water partition coefficient (Wildman–Crippen LogP) is 3.81. The van der Waals surface area contributed by atoms with Crippen LogP contribution in [0.3, 0.4) is 0 Å². The van der Waals surface area contributed by atoms with Crippen molar-refractivity contribution in [2.24, 2.45) is 0 Å². The molecule has 0 bridgehead atoms. The maximum Gasteiger partial charge on any atom is 0.228 e. The zero-order chi connectivity index (χ0) is 17.8. The highest BCUT2D eigenvalue weighted by Gasteiger charge is 2.13. The van der Waals surface area contributed by atoms with Gasteiger partial charge in [-0.1, -0.05) is 0 Å². The average Bonchev–Trinajstić information content (AvgIpc) is 3.12. The number of carbonyl (C=O) groups excluding carboxylic acids is 1. The molecule has 0 radical (unpaired) electrons. The standard InChI is InChI=1S/C18H14F2N2O3/c1-24-16-8-13(3-4-14(16)17-9-21-10-25-17)22-18(23)7-11-6-12(19)2-5-15(11)20/h2-6,8-10H,7H2,1H3,(H,22,23). The van der Waals surface area contributed by atoms with Gasteiger partial charge in [0.2, 0.25) is 5.91 Å². The van der Waals surface area contributed by atoms with Crippen LogP contribution in [0.2, 0.25) is 0 Å². The second kappa shape index (κ2) is 7.12. The van der Waals surface area contributed by atoms with Gasteiger partial charge in [-0.15, -0.1) is 0 Å². The number of amides is 1. The van der Waals surface area contributed by atoms with Crippen molar-refractivity contribution in [3.05, 3.63) is 66.2 Å². The highest BCUT2D eigenvalue weighted by Crippen LogP contribution is 2.32. The molecule has 1 amide bonds. The van der Waals surface area contributed by atoms with Crippen molar-refractivity contribution in [2.45, 2.75) is 6.42 Å². The molecule has 1 N–H and O–H groups in total. The van der Waals surface area contributed by atoms with Crippen molar-refractivity contribution in [1.82, 2.24) is 4.98 Å². The lowest BCUT2D eigenvalue weighted by molar-refractivity contribution is -0.115. The largest absolute Gasteiger partial charge is 0.496 e. The smallest absolute Gasteiger partial charge is 0.228 e. The number of benzene rings is 2. The molecule has 0 aliphatic heterocycles. The van der Waals surface area contributed by atoms with Crippen LogP contribution in [0.1, 0.15) is 5.56 Å². The molecule has 1 heterocycles. The van der Waals surface area contributed by atoms with Crippen LogP contribution in [0.5, 0.6) is 5.75 Å². The summed E-state index contributed by atoms with van der Waals surface area (Å²) in [6.07, 6.45) is 2.57. The Morgan fingerprint density at radius 3 is 2.80 bits per heavy atom. The number of rotatable bonds is 5. The Kier molecular flexibility index (Phi) is 4.74. The predicted molar refractivity (Wildman–Crippen MR) is 87.2 cm³/mol. The average molecular weight is 344 g/mol. The fourth-order valence-corrected chi connectivity index (χ4v) is 2.38. The molecule has 128 valence electrons. The van der Waals surface area contributed by atoms with E-state index in [2.05, 4.69) is 10.3 Å². The summed E-state index contributed by atoms with van der Waals surface area (Å²) in [7, 11) is 1.49. The third-order valence-electron chi connectivity index (χ3n) is 3.54. The van der Waals surface area contributed by atoms with Crippen LogP contribution in [0.15, 0.2) is 53.4 Å². The van der Waals surface area contributed by atoms with Gasteiger partial charge < -0.3 is 14.5 Å². The number of oxazole rings is 1. The molecule has 0 atom stereocenters. The normalized spacial score (nSPS) is 10.5. The zero-order valence-corrected chi connectivity index (χ0v) is 13.3. The topological polar surface area (TPSA) is 64.4 Å². The van der Waals surface area contributed by atoms with Gasteiger partial charge in [-0.2, -0.15) is 0 Å². The van der Waals surface area contributed by atoms with E-state index in [-0.39, 0.29) is 12.0 Å². The van der Waals surface area contributed by atoms with Crippen molar-refractivity contribution >= 4 is 11.6 Å². The second-order valence-electron chi connectivity index (χ2n) is 5.24. The van der Waals surface area contributed by atoms with E-state index in [9.17, 15) is 13.6 Å². The minimum absolute atomic E-state index is 0.0113. The molecule has 7 heteroatoms. The zero-order valence-electron chi connectivity index (χ0n) is 13.3. The molecule has 25 heavy (non-hydrogen) atoms. The first kappa shape index (κ1) is 16.6. The van der Waals surface area contributed by atoms with E-state index < -0.39 is 17.5 Å². The number of anilines is 1. The summed E-state index contributed by atoms with van der Waals surface area (Å²) in [4.78, 5) is 15.9. The van der Waals surface area contributed by atoms with Crippen molar-refractivity contribution in [3.8, 4) is 17.1 Å². The van der Waals surface area contributed by atoms with Gasteiger partial charge in [0.1, 0.15) is 17.4 Å². The summed E-state index contributed by atoms with van der Waals surface area (Å²) in [5.41, 5.74) is 1.12. The Morgan fingerprint density at radius 2 is 2.08 bits per heavy atom. The Hall–Kier alpha value is -3.22. The van der Waals surface area contributed by atoms with Crippen molar-refractivity contribution < 1.29 is 22.7 Å². The molecule has 5 nitrogen and oxygen atoms in total. The molecule has 0 saturated carbocycles. The fourth-order valence-electron chi connectivity index (χ4n) is 2.38. The first-order valence-electron chi connectivity index (χ1n) is 7.37. The molecule has 3 rings (SSSR count). The number of halogens is 2. The van der Waals surface area contributed by atoms with Crippen LogP contribution in [0, 0.1) is 11.6 Å². The van der Waals surface area contributed by atoms with E-state index in [0.717, 1.165) is 18.2 Å². The minimum atomic E-state index is -0.630. The molecule has 0 unspecified atom stereocenters. The third kappa shape index (κ3) is 3.82. The van der Waals surface area contributed by atoms with Gasteiger partial charge in [0, 0.05) is 17.3 Å². The second-order valence-corrected chi connectivity index (χ2v) is 5.24. The van der Waals surface area contributed by atoms with Gasteiger partial charge in [0.15, 0.2) is 12.2 Å². The van der Waals surface area contributed by atoms with Crippen LogP contribution in [0.4, 0.5) is 14.5 Å². The van der Waals surface area contributed by atoms with Crippen LogP contribution in [-0.2, 0) is 11.2 Å². The van der Waals surface area contributed by atoms with E-state index in [1.807, 2.05) is 0 Å². The Balaban J connectivity index is 1.76. The number of methoxy groups -OCH3 is 1. The van der Waals surface area contributed by atoms with Gasteiger partial charge in [0.05, 0.1) is 25.3 Å². The third-order valence-corrected chi connectivity index (χ3v) is 3.54. The summed E-state index contributed by atoms with van der Waals surface area (Å²) in [5.74, 6) is -0.695. The molecule has 0 spiro atoms. The summed E-state index contributed by atoms with van der Waals surface area (Å²) < 4.78 is 37.3. The summed E-state index contributed by atoms with van der Waals surface area (Å²) in [6.45, 7) is 0. The number of nitrogens with one attached hydrogen (secondary N) is 1. The molecule has 0 saturated heterocycles. The van der Waals surface area contributed by atoms with Gasteiger partial charge in [-0.3, -0.25) is 4.79 Å². The SMILES string of the molecule is COc1cc(NC(=O)Cc2cc(F)ccc2F)ccc1-c1cnco1. The highest BCUT2D eigenvalue weighted by molar-refractivity contribution is 5.93. The summed E-state index contributed by atoms with van der Waals surface area (Å²) >= 11 is 0. The van der Waals surface area contributed by atoms with E-state index >= 15 is 0 Å². The Morgan fingerprint density at radius 1 is 1.24 bits per heavy atom. The van der Waals surface area contributed by atoms with Gasteiger partial charge in [0.25, 0.3) is 0 Å². The number of aromatic nitrogens is 1.